The second-order valence-corrected chi connectivity index (χ2v) is 7.66. The van der Waals surface area contributed by atoms with Gasteiger partial charge in [-0.3, -0.25) is 4.79 Å². The molecule has 1 N–H and O–H groups in total. The Balaban J connectivity index is 1.48. The first-order valence-corrected chi connectivity index (χ1v) is 9.92. The molecule has 0 bridgehead atoms. The van der Waals surface area contributed by atoms with Gasteiger partial charge in [-0.2, -0.15) is 0 Å². The number of anilines is 2. The lowest BCUT2D eigenvalue weighted by atomic mass is 10.1. The summed E-state index contributed by atoms with van der Waals surface area (Å²) < 4.78 is 0. The standard InChI is InChI=1S/C22H28ClN3O/c1-16-5-4-6-21(18(16)3)25-11-13-26(14-12-25)22(27)9-10-24-20-15-19(23)8-7-17(20)2/h4-8,15,24H,9-14H2,1-3H3. The number of hydrogen-bond donors (Lipinski definition) is 1. The van der Waals surface area contributed by atoms with E-state index in [0.717, 1.165) is 37.4 Å². The van der Waals surface area contributed by atoms with E-state index in [4.69, 9.17) is 11.6 Å². The van der Waals surface area contributed by atoms with Gasteiger partial charge in [-0.15, -0.1) is 0 Å². The summed E-state index contributed by atoms with van der Waals surface area (Å²) in [7, 11) is 0. The highest BCUT2D eigenvalue weighted by molar-refractivity contribution is 6.30. The molecule has 0 radical (unpaired) electrons. The zero-order valence-corrected chi connectivity index (χ0v) is 17.1. The summed E-state index contributed by atoms with van der Waals surface area (Å²) in [4.78, 5) is 16.9. The molecule has 5 heteroatoms. The number of rotatable bonds is 5. The molecular weight excluding hydrogens is 358 g/mol. The average Bonchev–Trinajstić information content (AvgIpc) is 2.67. The highest BCUT2D eigenvalue weighted by Crippen LogP contribution is 2.24. The lowest BCUT2D eigenvalue weighted by molar-refractivity contribution is -0.131. The van der Waals surface area contributed by atoms with Crippen molar-refractivity contribution in [3.63, 3.8) is 0 Å². The van der Waals surface area contributed by atoms with Crippen LogP contribution >= 0.6 is 11.6 Å². The van der Waals surface area contributed by atoms with Gasteiger partial charge in [0, 0.05) is 55.5 Å². The number of halogens is 1. The zero-order chi connectivity index (χ0) is 19.4. The molecule has 0 spiro atoms. The smallest absolute Gasteiger partial charge is 0.224 e. The summed E-state index contributed by atoms with van der Waals surface area (Å²) in [5.41, 5.74) is 6.07. The highest BCUT2D eigenvalue weighted by Gasteiger charge is 2.22. The van der Waals surface area contributed by atoms with E-state index in [1.54, 1.807) is 0 Å². The number of carbonyl (C=O) groups excluding carboxylic acids is 1. The van der Waals surface area contributed by atoms with E-state index < -0.39 is 0 Å². The van der Waals surface area contributed by atoms with Crippen molar-refractivity contribution in [1.29, 1.82) is 0 Å². The Hall–Kier alpha value is -2.20. The molecule has 1 aliphatic heterocycles. The largest absolute Gasteiger partial charge is 0.384 e. The number of amides is 1. The van der Waals surface area contributed by atoms with Crippen molar-refractivity contribution in [2.45, 2.75) is 27.2 Å². The third kappa shape index (κ3) is 4.75. The van der Waals surface area contributed by atoms with Gasteiger partial charge in [0.25, 0.3) is 0 Å². The molecular formula is C22H28ClN3O. The minimum Gasteiger partial charge on any atom is -0.384 e. The maximum Gasteiger partial charge on any atom is 0.224 e. The number of nitrogens with zero attached hydrogens (tertiary/aromatic N) is 2. The van der Waals surface area contributed by atoms with Crippen molar-refractivity contribution in [1.82, 2.24) is 4.90 Å². The molecule has 0 atom stereocenters. The van der Waals surface area contributed by atoms with Crippen molar-refractivity contribution in [3.8, 4) is 0 Å². The normalized spacial score (nSPS) is 14.4. The number of hydrogen-bond acceptors (Lipinski definition) is 3. The third-order valence-electron chi connectivity index (χ3n) is 5.40. The fourth-order valence-corrected chi connectivity index (χ4v) is 3.69. The zero-order valence-electron chi connectivity index (χ0n) is 16.4. The molecule has 1 amide bonds. The van der Waals surface area contributed by atoms with Crippen LogP contribution in [0, 0.1) is 20.8 Å². The van der Waals surface area contributed by atoms with Crippen LogP contribution in [0.25, 0.3) is 0 Å². The van der Waals surface area contributed by atoms with Crippen LogP contribution in [0.15, 0.2) is 36.4 Å². The third-order valence-corrected chi connectivity index (χ3v) is 5.64. The molecule has 3 rings (SSSR count). The molecule has 144 valence electrons. The van der Waals surface area contributed by atoms with Crippen LogP contribution in [0.2, 0.25) is 5.02 Å². The first kappa shape index (κ1) is 19.6. The van der Waals surface area contributed by atoms with Crippen molar-refractivity contribution < 1.29 is 4.79 Å². The Kier molecular flexibility index (Phi) is 6.27. The van der Waals surface area contributed by atoms with Crippen LogP contribution in [0.5, 0.6) is 0 Å². The molecule has 4 nitrogen and oxygen atoms in total. The van der Waals surface area contributed by atoms with Crippen molar-refractivity contribution in [2.75, 3.05) is 42.9 Å². The van der Waals surface area contributed by atoms with Gasteiger partial charge < -0.3 is 15.1 Å². The van der Waals surface area contributed by atoms with E-state index in [0.29, 0.717) is 18.0 Å². The van der Waals surface area contributed by atoms with Crippen LogP contribution in [-0.4, -0.2) is 43.5 Å². The molecule has 0 unspecified atom stereocenters. The van der Waals surface area contributed by atoms with Crippen molar-refractivity contribution >= 4 is 28.9 Å². The van der Waals surface area contributed by atoms with E-state index in [9.17, 15) is 4.79 Å². The monoisotopic (exact) mass is 385 g/mol. The predicted octanol–water partition coefficient (Wildman–Crippen LogP) is 4.42. The van der Waals surface area contributed by atoms with Crippen LogP contribution in [0.1, 0.15) is 23.1 Å². The second-order valence-electron chi connectivity index (χ2n) is 7.22. The van der Waals surface area contributed by atoms with Gasteiger partial charge in [0.15, 0.2) is 0 Å². The van der Waals surface area contributed by atoms with Gasteiger partial charge >= 0.3 is 0 Å². The molecule has 27 heavy (non-hydrogen) atoms. The van der Waals surface area contributed by atoms with Crippen molar-refractivity contribution in [2.24, 2.45) is 0 Å². The van der Waals surface area contributed by atoms with E-state index in [2.05, 4.69) is 42.3 Å². The average molecular weight is 386 g/mol. The highest BCUT2D eigenvalue weighted by atomic mass is 35.5. The summed E-state index contributed by atoms with van der Waals surface area (Å²) in [6.07, 6.45) is 0.495. The maximum atomic E-state index is 12.5. The topological polar surface area (TPSA) is 35.6 Å². The molecule has 2 aromatic carbocycles. The summed E-state index contributed by atoms with van der Waals surface area (Å²) >= 11 is 6.05. The lowest BCUT2D eigenvalue weighted by Crippen LogP contribution is -2.49. The van der Waals surface area contributed by atoms with E-state index in [1.807, 2.05) is 30.0 Å². The Morgan fingerprint density at radius 2 is 1.78 bits per heavy atom. The molecule has 2 aromatic rings. The molecule has 1 saturated heterocycles. The number of carbonyl (C=O) groups is 1. The van der Waals surface area contributed by atoms with Gasteiger partial charge in [0.05, 0.1) is 0 Å². The number of piperazine rings is 1. The van der Waals surface area contributed by atoms with Gasteiger partial charge in [0.2, 0.25) is 5.91 Å². The fraction of sp³-hybridized carbons (Fsp3) is 0.409. The number of nitrogens with one attached hydrogen (secondary N) is 1. The Bertz CT molecular complexity index is 813. The van der Waals surface area contributed by atoms with Crippen molar-refractivity contribution in [3.05, 3.63) is 58.1 Å². The Morgan fingerprint density at radius 1 is 1.04 bits per heavy atom. The number of benzene rings is 2. The van der Waals surface area contributed by atoms with Crippen LogP contribution < -0.4 is 10.2 Å². The first-order valence-electron chi connectivity index (χ1n) is 9.54. The molecule has 0 aliphatic carbocycles. The molecule has 1 heterocycles. The van der Waals surface area contributed by atoms with Crippen LogP contribution in [-0.2, 0) is 4.79 Å². The Labute approximate surface area is 167 Å². The van der Waals surface area contributed by atoms with Gasteiger partial charge in [-0.25, -0.2) is 0 Å². The minimum atomic E-state index is 0.211. The molecule has 1 aliphatic rings. The van der Waals surface area contributed by atoms with E-state index >= 15 is 0 Å². The molecule has 0 saturated carbocycles. The SMILES string of the molecule is Cc1ccc(Cl)cc1NCCC(=O)N1CCN(c2cccc(C)c2C)CC1. The van der Waals surface area contributed by atoms with Crippen LogP contribution in [0.3, 0.4) is 0 Å². The van der Waals surface area contributed by atoms with Gasteiger partial charge in [0.1, 0.15) is 0 Å². The van der Waals surface area contributed by atoms with Gasteiger partial charge in [-0.1, -0.05) is 29.8 Å². The molecule has 0 aromatic heterocycles. The number of aryl methyl sites for hydroxylation is 2. The summed E-state index contributed by atoms with van der Waals surface area (Å²) in [6.45, 7) is 10.3. The van der Waals surface area contributed by atoms with E-state index in [-0.39, 0.29) is 5.91 Å². The van der Waals surface area contributed by atoms with Crippen LogP contribution in [0.4, 0.5) is 11.4 Å². The first-order chi connectivity index (χ1) is 13.0. The Morgan fingerprint density at radius 3 is 2.52 bits per heavy atom. The summed E-state index contributed by atoms with van der Waals surface area (Å²) in [6, 6.07) is 12.2. The quantitative estimate of drug-likeness (QED) is 0.827. The van der Waals surface area contributed by atoms with E-state index in [1.165, 1.54) is 16.8 Å². The maximum absolute atomic E-state index is 12.5. The second kappa shape index (κ2) is 8.66. The van der Waals surface area contributed by atoms with Gasteiger partial charge in [-0.05, 0) is 55.7 Å². The fourth-order valence-electron chi connectivity index (χ4n) is 3.52. The summed E-state index contributed by atoms with van der Waals surface area (Å²) in [5, 5.41) is 4.04. The minimum absolute atomic E-state index is 0.211. The lowest BCUT2D eigenvalue weighted by Gasteiger charge is -2.37. The molecule has 1 fully saturated rings. The summed E-state index contributed by atoms with van der Waals surface area (Å²) in [5.74, 6) is 0.211. The predicted molar refractivity (Wildman–Crippen MR) is 114 cm³/mol.